The minimum atomic E-state index is -2.95. The van der Waals surface area contributed by atoms with Gasteiger partial charge < -0.3 is 9.32 Å². The number of rotatable bonds is 5. The van der Waals surface area contributed by atoms with E-state index in [0.717, 1.165) is 11.4 Å². The maximum Gasteiger partial charge on any atom is 0.292 e. The van der Waals surface area contributed by atoms with Crippen LogP contribution in [0.1, 0.15) is 13.3 Å². The van der Waals surface area contributed by atoms with E-state index in [0.29, 0.717) is 13.1 Å². The minimum Gasteiger partial charge on any atom is -0.409 e. The molecule has 1 aliphatic rings. The number of benzene rings is 1. The topological polar surface area (TPSA) is 69.5 Å². The van der Waals surface area contributed by atoms with Crippen LogP contribution >= 0.6 is 12.2 Å². The molecule has 130 valence electrons. The first-order valence-electron chi connectivity index (χ1n) is 7.77. The summed E-state index contributed by atoms with van der Waals surface area (Å²) >= 11 is 5.18. The van der Waals surface area contributed by atoms with Crippen molar-refractivity contribution in [2.75, 3.05) is 18.1 Å². The summed E-state index contributed by atoms with van der Waals surface area (Å²) in [6.07, 6.45) is 0.636. The SMILES string of the molecule is CC[NH+](Cn1nc(-c2ccccc2F)oc1=S)[C@H]1CCS(=O)(=O)C1. The van der Waals surface area contributed by atoms with E-state index in [4.69, 9.17) is 16.6 Å². The Morgan fingerprint density at radius 1 is 1.46 bits per heavy atom. The molecule has 3 rings (SSSR count). The average molecular weight is 372 g/mol. The quantitative estimate of drug-likeness (QED) is 0.795. The Hall–Kier alpha value is -1.58. The molecule has 24 heavy (non-hydrogen) atoms. The molecule has 1 aromatic heterocycles. The molecule has 1 unspecified atom stereocenters. The van der Waals surface area contributed by atoms with Gasteiger partial charge in [-0.2, -0.15) is 4.68 Å². The Balaban J connectivity index is 1.83. The molecule has 2 heterocycles. The number of hydrogen-bond acceptors (Lipinski definition) is 5. The summed E-state index contributed by atoms with van der Waals surface area (Å²) in [5, 5.41) is 4.27. The second-order valence-corrected chi connectivity index (χ2v) is 8.50. The standard InChI is InChI=1S/C15H18FN3O3S2/c1-2-18(11-7-8-24(20,21)9-11)10-19-15(23)22-14(17-19)12-5-3-4-6-13(12)16/h3-6,11H,2,7-10H2,1H3/p+1/t11-/m0/s1. The van der Waals surface area contributed by atoms with Crippen LogP contribution in [0.25, 0.3) is 11.5 Å². The largest absolute Gasteiger partial charge is 0.409 e. The van der Waals surface area contributed by atoms with E-state index in [-0.39, 0.29) is 33.8 Å². The summed E-state index contributed by atoms with van der Waals surface area (Å²) in [6, 6.07) is 6.22. The van der Waals surface area contributed by atoms with Crippen molar-refractivity contribution in [2.45, 2.75) is 26.1 Å². The third kappa shape index (κ3) is 3.57. The first-order valence-corrected chi connectivity index (χ1v) is 10.0. The molecule has 0 amide bonds. The van der Waals surface area contributed by atoms with Gasteiger partial charge in [-0.25, -0.2) is 12.8 Å². The summed E-state index contributed by atoms with van der Waals surface area (Å²) < 4.78 is 44.2. The summed E-state index contributed by atoms with van der Waals surface area (Å²) in [4.78, 5) is 1.22. The minimum absolute atomic E-state index is 0.0236. The smallest absolute Gasteiger partial charge is 0.292 e. The highest BCUT2D eigenvalue weighted by Crippen LogP contribution is 2.20. The molecule has 1 aromatic carbocycles. The summed E-state index contributed by atoms with van der Waals surface area (Å²) in [7, 11) is -2.95. The molecule has 2 atom stereocenters. The van der Waals surface area contributed by atoms with Crippen molar-refractivity contribution in [3.63, 3.8) is 0 Å². The Morgan fingerprint density at radius 3 is 2.83 bits per heavy atom. The van der Waals surface area contributed by atoms with Crippen molar-refractivity contribution in [1.29, 1.82) is 0 Å². The van der Waals surface area contributed by atoms with Crippen LogP contribution in [-0.2, 0) is 16.5 Å². The monoisotopic (exact) mass is 372 g/mol. The predicted octanol–water partition coefficient (Wildman–Crippen LogP) is 1.06. The van der Waals surface area contributed by atoms with Crippen molar-refractivity contribution in [2.24, 2.45) is 0 Å². The first-order chi connectivity index (χ1) is 11.4. The Kier molecular flexibility index (Phi) is 4.84. The van der Waals surface area contributed by atoms with Gasteiger partial charge in [0.15, 0.2) is 16.5 Å². The Bertz CT molecular complexity index is 891. The lowest BCUT2D eigenvalue weighted by Crippen LogP contribution is -3.15. The number of hydrogen-bond donors (Lipinski definition) is 1. The highest BCUT2D eigenvalue weighted by Gasteiger charge is 2.35. The zero-order valence-corrected chi connectivity index (χ0v) is 14.9. The van der Waals surface area contributed by atoms with Gasteiger partial charge in [-0.05, 0) is 31.3 Å². The lowest BCUT2D eigenvalue weighted by Gasteiger charge is -2.22. The lowest BCUT2D eigenvalue weighted by atomic mass is 10.2. The molecule has 0 radical (unpaired) electrons. The molecular formula is C15H19FN3O3S2+. The van der Waals surface area contributed by atoms with E-state index in [9.17, 15) is 12.8 Å². The molecule has 1 fully saturated rings. The summed E-state index contributed by atoms with van der Waals surface area (Å²) in [5.74, 6) is 0.114. The zero-order valence-electron chi connectivity index (χ0n) is 13.2. The average Bonchev–Trinajstić information content (AvgIpc) is 3.08. The number of quaternary nitrogens is 1. The Labute approximate surface area is 144 Å². The molecule has 0 spiro atoms. The molecule has 1 saturated heterocycles. The van der Waals surface area contributed by atoms with Crippen LogP contribution in [0.15, 0.2) is 28.7 Å². The van der Waals surface area contributed by atoms with Gasteiger partial charge in [0.25, 0.3) is 4.84 Å². The van der Waals surface area contributed by atoms with Crippen LogP contribution in [0.2, 0.25) is 0 Å². The normalized spacial score (nSPS) is 21.0. The van der Waals surface area contributed by atoms with Gasteiger partial charge in [0.1, 0.15) is 17.6 Å². The van der Waals surface area contributed by atoms with Gasteiger partial charge in [0, 0.05) is 6.42 Å². The van der Waals surface area contributed by atoms with E-state index < -0.39 is 15.7 Å². The van der Waals surface area contributed by atoms with Crippen LogP contribution < -0.4 is 4.90 Å². The predicted molar refractivity (Wildman–Crippen MR) is 89.3 cm³/mol. The van der Waals surface area contributed by atoms with Crippen LogP contribution in [0.3, 0.4) is 0 Å². The van der Waals surface area contributed by atoms with E-state index >= 15 is 0 Å². The fourth-order valence-electron chi connectivity index (χ4n) is 2.99. The lowest BCUT2D eigenvalue weighted by molar-refractivity contribution is -0.943. The van der Waals surface area contributed by atoms with Gasteiger partial charge in [0.05, 0.1) is 17.9 Å². The fraction of sp³-hybridized carbons (Fsp3) is 0.467. The third-order valence-electron chi connectivity index (χ3n) is 4.33. The van der Waals surface area contributed by atoms with Crippen molar-refractivity contribution in [3.8, 4) is 11.5 Å². The van der Waals surface area contributed by atoms with Crippen molar-refractivity contribution >= 4 is 22.1 Å². The van der Waals surface area contributed by atoms with Gasteiger partial charge in [-0.1, -0.05) is 12.1 Å². The highest BCUT2D eigenvalue weighted by molar-refractivity contribution is 7.91. The van der Waals surface area contributed by atoms with Crippen molar-refractivity contribution in [3.05, 3.63) is 34.9 Å². The van der Waals surface area contributed by atoms with E-state index in [1.54, 1.807) is 18.2 Å². The molecule has 9 heteroatoms. The van der Waals surface area contributed by atoms with Crippen LogP contribution in [0.5, 0.6) is 0 Å². The second-order valence-electron chi connectivity index (χ2n) is 5.92. The number of nitrogens with one attached hydrogen (secondary N) is 1. The zero-order chi connectivity index (χ0) is 17.3. The van der Waals surface area contributed by atoms with E-state index in [1.165, 1.54) is 10.7 Å². The number of halogens is 1. The first kappa shape index (κ1) is 17.2. The number of sulfone groups is 1. The molecule has 0 saturated carbocycles. The van der Waals surface area contributed by atoms with Crippen molar-refractivity contribution < 1.29 is 22.1 Å². The van der Waals surface area contributed by atoms with Gasteiger partial charge >= 0.3 is 0 Å². The van der Waals surface area contributed by atoms with Gasteiger partial charge in [-0.15, -0.1) is 5.10 Å². The molecule has 1 aliphatic heterocycles. The van der Waals surface area contributed by atoms with Gasteiger partial charge in [0.2, 0.25) is 5.89 Å². The van der Waals surface area contributed by atoms with Gasteiger partial charge in [-0.3, -0.25) is 0 Å². The molecule has 2 aromatic rings. The Morgan fingerprint density at radius 2 is 2.21 bits per heavy atom. The third-order valence-corrected chi connectivity index (χ3v) is 6.39. The maximum absolute atomic E-state index is 13.9. The van der Waals surface area contributed by atoms with Crippen LogP contribution in [0.4, 0.5) is 4.39 Å². The summed E-state index contributed by atoms with van der Waals surface area (Å²) in [5.41, 5.74) is 0.254. The fourth-order valence-corrected chi connectivity index (χ4v) is 5.00. The highest BCUT2D eigenvalue weighted by atomic mass is 32.2. The van der Waals surface area contributed by atoms with Crippen molar-refractivity contribution in [1.82, 2.24) is 9.78 Å². The van der Waals surface area contributed by atoms with E-state index in [2.05, 4.69) is 5.10 Å². The van der Waals surface area contributed by atoms with Crippen LogP contribution in [-0.4, -0.2) is 42.3 Å². The molecular weight excluding hydrogens is 353 g/mol. The molecule has 6 nitrogen and oxygen atoms in total. The molecule has 1 N–H and O–H groups in total. The maximum atomic E-state index is 13.9. The number of nitrogens with zero attached hydrogens (tertiary/aromatic N) is 2. The number of aromatic nitrogens is 2. The molecule has 0 bridgehead atoms. The summed E-state index contributed by atoms with van der Waals surface area (Å²) in [6.45, 7) is 3.12. The molecule has 0 aliphatic carbocycles. The van der Waals surface area contributed by atoms with Crippen LogP contribution in [0, 0.1) is 10.7 Å². The van der Waals surface area contributed by atoms with E-state index in [1.807, 2.05) is 6.92 Å². The second kappa shape index (κ2) is 6.73.